The summed E-state index contributed by atoms with van der Waals surface area (Å²) in [7, 11) is 0. The first-order valence-corrected chi connectivity index (χ1v) is 11.1. The lowest BCUT2D eigenvalue weighted by Crippen LogP contribution is -2.91. The van der Waals surface area contributed by atoms with Gasteiger partial charge in [0.1, 0.15) is 24.2 Å². The van der Waals surface area contributed by atoms with E-state index in [1.807, 2.05) is 30.3 Å². The van der Waals surface area contributed by atoms with Crippen molar-refractivity contribution in [2.24, 2.45) is 0 Å². The van der Waals surface area contributed by atoms with Crippen LogP contribution in [0.3, 0.4) is 0 Å². The number of ether oxygens (including phenoxy) is 1. The van der Waals surface area contributed by atoms with Crippen LogP contribution in [0.4, 0.5) is 13.2 Å². The largest absolute Gasteiger partial charge is 0.542 e. The van der Waals surface area contributed by atoms with Crippen LogP contribution < -0.4 is 15.2 Å². The lowest BCUT2D eigenvalue weighted by molar-refractivity contribution is -0.698. The third kappa shape index (κ3) is 7.36. The summed E-state index contributed by atoms with van der Waals surface area (Å²) in [5.74, 6) is -1.21. The smallest absolute Gasteiger partial charge is 0.430 e. The Hall–Kier alpha value is -2.78. The van der Waals surface area contributed by atoms with Gasteiger partial charge in [-0.3, -0.25) is 0 Å². The highest BCUT2D eigenvalue weighted by molar-refractivity contribution is 6.30. The molecule has 0 spiro atoms. The Kier molecular flexibility index (Phi) is 8.57. The predicted molar refractivity (Wildman–Crippen MR) is 116 cm³/mol. The summed E-state index contributed by atoms with van der Waals surface area (Å²) in [5, 5.41) is 12.0. The van der Waals surface area contributed by atoms with Crippen molar-refractivity contribution in [3.05, 3.63) is 59.4 Å². The molecule has 0 radical (unpaired) electrons. The molecule has 0 amide bonds. The van der Waals surface area contributed by atoms with Crippen molar-refractivity contribution >= 4 is 28.6 Å². The maximum absolute atomic E-state index is 10.5. The summed E-state index contributed by atoms with van der Waals surface area (Å²) >= 11 is 5.95. The second kappa shape index (κ2) is 11.4. The molecule has 2 N–H and O–H groups in total. The normalized spacial score (nSPS) is 16.2. The van der Waals surface area contributed by atoms with Gasteiger partial charge < -0.3 is 24.5 Å². The Morgan fingerprint density at radius 2 is 1.88 bits per heavy atom. The van der Waals surface area contributed by atoms with E-state index in [0.717, 1.165) is 29.7 Å². The minimum atomic E-state index is -5.19. The van der Waals surface area contributed by atoms with Gasteiger partial charge in [-0.2, -0.15) is 13.2 Å². The summed E-state index contributed by atoms with van der Waals surface area (Å²) in [6.07, 6.45) is 0.0145. The van der Waals surface area contributed by atoms with Crippen LogP contribution in [-0.4, -0.2) is 34.3 Å². The zero-order chi connectivity index (χ0) is 23.8. The molecule has 1 aliphatic rings. The number of rotatable bonds is 6. The number of carbonyl (C=O) groups excluding carboxylic acids is 1. The molecule has 33 heavy (non-hydrogen) atoms. The Labute approximate surface area is 194 Å². The van der Waals surface area contributed by atoms with Crippen molar-refractivity contribution in [3.8, 4) is 5.75 Å². The molecule has 10 heteroatoms. The van der Waals surface area contributed by atoms with Gasteiger partial charge in [-0.15, -0.1) is 0 Å². The molecule has 4 rings (SSSR count). The van der Waals surface area contributed by atoms with Crippen LogP contribution in [0.15, 0.2) is 48.5 Å². The first-order valence-electron chi connectivity index (χ1n) is 10.7. The fourth-order valence-corrected chi connectivity index (χ4v) is 3.87. The van der Waals surface area contributed by atoms with Crippen molar-refractivity contribution in [2.75, 3.05) is 6.54 Å². The molecule has 3 aromatic rings. The quantitative estimate of drug-likeness (QED) is 0.584. The van der Waals surface area contributed by atoms with E-state index in [2.05, 4.69) is 28.1 Å². The molecule has 1 atom stereocenters. The van der Waals surface area contributed by atoms with Gasteiger partial charge in [-0.1, -0.05) is 23.7 Å². The number of carboxylic acid groups (broad SMARTS) is 1. The standard InChI is InChI=1S/C21H24ClN3O.C2HF3O2/c22-16-8-10-18(11-9-16)26-15-21-24-19-6-1-2-7-20(19)25(21)14-12-17-5-3-4-13-23-17;3-2(4,5)1(6)7/h1-2,6-11,17,23H,3-5,12-15H2;(H,6,7). The van der Waals surface area contributed by atoms with Gasteiger partial charge in [-0.05, 0) is 55.7 Å². The Morgan fingerprint density at radius 1 is 1.18 bits per heavy atom. The minimum Gasteiger partial charge on any atom is -0.542 e. The molecule has 1 aromatic heterocycles. The number of hydrogen-bond acceptors (Lipinski definition) is 4. The monoisotopic (exact) mass is 483 g/mol. The topological polar surface area (TPSA) is 83.8 Å². The number of alkyl halides is 3. The second-order valence-corrected chi connectivity index (χ2v) is 8.20. The number of aromatic nitrogens is 2. The number of nitrogens with zero attached hydrogens (tertiary/aromatic N) is 2. The molecular formula is C23H25ClF3N3O3. The number of aliphatic carboxylic acids is 1. The van der Waals surface area contributed by atoms with E-state index in [1.165, 1.54) is 37.7 Å². The van der Waals surface area contributed by atoms with Crippen LogP contribution in [0.1, 0.15) is 31.5 Å². The molecule has 1 fully saturated rings. The van der Waals surface area contributed by atoms with Crippen molar-refractivity contribution < 1.29 is 33.1 Å². The van der Waals surface area contributed by atoms with Gasteiger partial charge >= 0.3 is 6.18 Å². The molecule has 1 unspecified atom stereocenters. The highest BCUT2D eigenvalue weighted by Crippen LogP contribution is 2.21. The maximum Gasteiger partial charge on any atom is 0.430 e. The predicted octanol–water partition coefficient (Wildman–Crippen LogP) is 3.07. The van der Waals surface area contributed by atoms with E-state index in [9.17, 15) is 13.2 Å². The summed E-state index contributed by atoms with van der Waals surface area (Å²) < 4.78 is 39.8. The zero-order valence-corrected chi connectivity index (χ0v) is 18.6. The average molecular weight is 484 g/mol. The van der Waals surface area contributed by atoms with Gasteiger partial charge in [-0.25, -0.2) is 4.98 Å². The SMILES string of the molecule is Clc1ccc(OCc2nc3ccccc3n2CCC2CCCC[NH2+]2)cc1.O=C([O-])C(F)(F)F. The second-order valence-electron chi connectivity index (χ2n) is 7.77. The summed E-state index contributed by atoms with van der Waals surface area (Å²) in [4.78, 5) is 13.6. The number of halogens is 4. The molecule has 178 valence electrons. The zero-order valence-electron chi connectivity index (χ0n) is 17.9. The van der Waals surface area contributed by atoms with Crippen molar-refractivity contribution in [1.29, 1.82) is 0 Å². The van der Waals surface area contributed by atoms with Crippen molar-refractivity contribution in [1.82, 2.24) is 9.55 Å². The number of piperidine rings is 1. The number of quaternary nitrogens is 1. The van der Waals surface area contributed by atoms with Crippen LogP contribution in [0.25, 0.3) is 11.0 Å². The maximum atomic E-state index is 10.5. The minimum absolute atomic E-state index is 0.463. The van der Waals surface area contributed by atoms with Crippen molar-refractivity contribution in [2.45, 2.75) is 51.1 Å². The number of fused-ring (bicyclic) bond motifs is 1. The number of carboxylic acids is 1. The molecule has 6 nitrogen and oxygen atoms in total. The Bertz CT molecular complexity index is 1050. The Morgan fingerprint density at radius 3 is 2.52 bits per heavy atom. The summed E-state index contributed by atoms with van der Waals surface area (Å²) in [6, 6.07) is 16.6. The van der Waals surface area contributed by atoms with Crippen LogP contribution in [0.2, 0.25) is 5.02 Å². The molecule has 0 aliphatic carbocycles. The van der Waals surface area contributed by atoms with E-state index in [0.29, 0.717) is 11.6 Å². The number of benzene rings is 2. The molecule has 1 saturated heterocycles. The van der Waals surface area contributed by atoms with Crippen LogP contribution in [0, 0.1) is 0 Å². The van der Waals surface area contributed by atoms with E-state index < -0.39 is 12.1 Å². The van der Waals surface area contributed by atoms with Gasteiger partial charge in [0.25, 0.3) is 0 Å². The summed E-state index contributed by atoms with van der Waals surface area (Å²) in [6.45, 7) is 2.72. The molecule has 2 aromatic carbocycles. The fraction of sp³-hybridized carbons (Fsp3) is 0.391. The number of aryl methyl sites for hydroxylation is 1. The third-order valence-corrected chi connectivity index (χ3v) is 5.65. The van der Waals surface area contributed by atoms with E-state index in [-0.39, 0.29) is 0 Å². The van der Waals surface area contributed by atoms with Gasteiger partial charge in [0.15, 0.2) is 0 Å². The van der Waals surface area contributed by atoms with Crippen LogP contribution in [-0.2, 0) is 17.9 Å². The molecule has 1 aliphatic heterocycles. The number of hydrogen-bond donors (Lipinski definition) is 1. The van der Waals surface area contributed by atoms with Crippen LogP contribution >= 0.6 is 11.6 Å². The average Bonchev–Trinajstić information content (AvgIpc) is 3.15. The van der Waals surface area contributed by atoms with Crippen molar-refractivity contribution in [3.63, 3.8) is 0 Å². The summed E-state index contributed by atoms with van der Waals surface area (Å²) in [5.41, 5.74) is 2.23. The van der Waals surface area contributed by atoms with Gasteiger partial charge in [0.2, 0.25) is 0 Å². The number of imidazole rings is 1. The molecule has 2 heterocycles. The van der Waals surface area contributed by atoms with Gasteiger partial charge in [0.05, 0.1) is 23.6 Å². The molecule has 0 saturated carbocycles. The number of carbonyl (C=O) groups is 1. The first kappa shape index (κ1) is 24.9. The third-order valence-electron chi connectivity index (χ3n) is 5.40. The highest BCUT2D eigenvalue weighted by atomic mass is 35.5. The van der Waals surface area contributed by atoms with Crippen LogP contribution in [0.5, 0.6) is 5.75 Å². The number of nitrogens with two attached hydrogens (primary N) is 1. The molecular weight excluding hydrogens is 459 g/mol. The lowest BCUT2D eigenvalue weighted by Gasteiger charge is -2.21. The van der Waals surface area contributed by atoms with E-state index in [4.69, 9.17) is 31.2 Å². The van der Waals surface area contributed by atoms with Gasteiger partial charge in [0, 0.05) is 18.0 Å². The lowest BCUT2D eigenvalue weighted by atomic mass is 10.0. The highest BCUT2D eigenvalue weighted by Gasteiger charge is 2.28. The Balaban J connectivity index is 0.000000383. The first-order chi connectivity index (χ1) is 15.7. The fourth-order valence-electron chi connectivity index (χ4n) is 3.74. The van der Waals surface area contributed by atoms with E-state index >= 15 is 0 Å². The number of para-hydroxylation sites is 2. The van der Waals surface area contributed by atoms with E-state index in [1.54, 1.807) is 0 Å². The molecule has 0 bridgehead atoms.